The minimum atomic E-state index is -0.595. The van der Waals surface area contributed by atoms with E-state index in [0.717, 1.165) is 6.07 Å². The van der Waals surface area contributed by atoms with Crippen molar-refractivity contribution in [1.82, 2.24) is 15.5 Å². The van der Waals surface area contributed by atoms with E-state index in [-0.39, 0.29) is 0 Å². The van der Waals surface area contributed by atoms with Crippen LogP contribution in [-0.2, 0) is 6.54 Å². The number of nitrogens with one attached hydrogen (secondary N) is 2. The maximum Gasteiger partial charge on any atom is 0.209 e. The van der Waals surface area contributed by atoms with Crippen molar-refractivity contribution in [1.29, 1.82) is 0 Å². The van der Waals surface area contributed by atoms with Gasteiger partial charge in [-0.15, -0.1) is 0 Å². The van der Waals surface area contributed by atoms with Crippen molar-refractivity contribution in [2.45, 2.75) is 12.6 Å². The van der Waals surface area contributed by atoms with Crippen LogP contribution in [0, 0.1) is 11.6 Å². The van der Waals surface area contributed by atoms with Gasteiger partial charge in [-0.3, -0.25) is 5.10 Å². The van der Waals surface area contributed by atoms with Gasteiger partial charge in [0.05, 0.1) is 6.54 Å². The third kappa shape index (κ3) is 3.35. The van der Waals surface area contributed by atoms with Gasteiger partial charge in [0.1, 0.15) is 17.3 Å². The lowest BCUT2D eigenvalue weighted by molar-refractivity contribution is 0.169. The van der Waals surface area contributed by atoms with Crippen LogP contribution in [0.25, 0.3) is 0 Å². The molecule has 1 aromatic heterocycles. The molecule has 6 heteroatoms. The van der Waals surface area contributed by atoms with Crippen LogP contribution in [0.2, 0.25) is 0 Å². The second-order valence-electron chi connectivity index (χ2n) is 3.97. The highest BCUT2D eigenvalue weighted by atomic mass is 19.1. The molecule has 1 aromatic carbocycles. The number of rotatable bonds is 5. The van der Waals surface area contributed by atoms with E-state index in [1.807, 2.05) is 0 Å². The van der Waals surface area contributed by atoms with Crippen molar-refractivity contribution in [3.8, 4) is 0 Å². The van der Waals surface area contributed by atoms with E-state index in [1.165, 1.54) is 12.1 Å². The fourth-order valence-electron chi connectivity index (χ4n) is 1.64. The van der Waals surface area contributed by atoms with Crippen LogP contribution in [0.15, 0.2) is 30.5 Å². The standard InChI is InChI=1S/C12H13F2N3O/c13-9-3-8(4-10(14)5-9)6-15-7-12(18)11-1-2-16-17-11/h1-5,12,15,18H,6-7H2,(H,16,17)/p+1. The van der Waals surface area contributed by atoms with E-state index in [1.54, 1.807) is 12.3 Å². The van der Waals surface area contributed by atoms with Crippen molar-refractivity contribution in [3.05, 3.63) is 53.4 Å². The van der Waals surface area contributed by atoms with Crippen LogP contribution in [0.5, 0.6) is 0 Å². The largest absolute Gasteiger partial charge is 0.438 e. The van der Waals surface area contributed by atoms with Crippen molar-refractivity contribution in [3.63, 3.8) is 0 Å². The second-order valence-corrected chi connectivity index (χ2v) is 3.97. The number of aromatic amines is 1. The monoisotopic (exact) mass is 254 g/mol. The Bertz CT molecular complexity index is 482. The molecule has 0 saturated carbocycles. The molecule has 2 aromatic rings. The van der Waals surface area contributed by atoms with Crippen molar-refractivity contribution in [2.75, 3.05) is 6.54 Å². The molecule has 0 aliphatic heterocycles. The third-order valence-electron chi connectivity index (χ3n) is 2.50. The molecular formula is C12H14F2N3O+. The van der Waals surface area contributed by atoms with Gasteiger partial charge in [0.15, 0.2) is 0 Å². The number of halogens is 2. The molecule has 4 nitrogen and oxygen atoms in total. The van der Waals surface area contributed by atoms with E-state index < -0.39 is 17.7 Å². The molecule has 0 aliphatic rings. The van der Waals surface area contributed by atoms with Crippen LogP contribution >= 0.6 is 0 Å². The highest BCUT2D eigenvalue weighted by Gasteiger charge is 2.12. The maximum absolute atomic E-state index is 12.9. The SMILES string of the molecule is [OH2+]C(CNCc1cc(F)cc(F)c1)c1ccn[nH]1. The molecule has 1 heterocycles. The molecule has 0 radical (unpaired) electrons. The zero-order valence-electron chi connectivity index (χ0n) is 9.58. The molecule has 0 amide bonds. The van der Waals surface area contributed by atoms with Crippen LogP contribution in [0.1, 0.15) is 17.4 Å². The Balaban J connectivity index is 1.85. The molecule has 96 valence electrons. The van der Waals surface area contributed by atoms with Gasteiger partial charge >= 0.3 is 0 Å². The first-order valence-corrected chi connectivity index (χ1v) is 5.51. The van der Waals surface area contributed by atoms with Gasteiger partial charge in [-0.05, 0) is 23.8 Å². The summed E-state index contributed by atoms with van der Waals surface area (Å²) >= 11 is 0. The van der Waals surface area contributed by atoms with Crippen molar-refractivity contribution >= 4 is 0 Å². The third-order valence-corrected chi connectivity index (χ3v) is 2.50. The normalized spacial score (nSPS) is 12.6. The van der Waals surface area contributed by atoms with E-state index in [4.69, 9.17) is 5.11 Å². The first-order chi connectivity index (χ1) is 8.65. The van der Waals surface area contributed by atoms with Gasteiger partial charge in [-0.2, -0.15) is 5.10 Å². The maximum atomic E-state index is 12.9. The molecule has 2 rings (SSSR count). The first-order valence-electron chi connectivity index (χ1n) is 5.51. The first kappa shape index (κ1) is 12.7. The van der Waals surface area contributed by atoms with Gasteiger partial charge in [0.2, 0.25) is 6.10 Å². The lowest BCUT2D eigenvalue weighted by Gasteiger charge is -2.07. The van der Waals surface area contributed by atoms with Gasteiger partial charge in [-0.1, -0.05) is 0 Å². The van der Waals surface area contributed by atoms with Crippen LogP contribution in [-0.4, -0.2) is 21.8 Å². The van der Waals surface area contributed by atoms with E-state index in [2.05, 4.69) is 15.5 Å². The highest BCUT2D eigenvalue weighted by molar-refractivity contribution is 5.17. The molecule has 1 atom stereocenters. The molecule has 0 spiro atoms. The molecule has 0 fully saturated rings. The molecular weight excluding hydrogens is 240 g/mol. The van der Waals surface area contributed by atoms with E-state index >= 15 is 0 Å². The Labute approximate surface area is 103 Å². The Hall–Kier alpha value is -1.79. The number of hydrogen-bond acceptors (Lipinski definition) is 2. The smallest absolute Gasteiger partial charge is 0.209 e. The van der Waals surface area contributed by atoms with Crippen LogP contribution < -0.4 is 5.32 Å². The Morgan fingerprint density at radius 3 is 2.61 bits per heavy atom. The number of aromatic nitrogens is 2. The summed E-state index contributed by atoms with van der Waals surface area (Å²) in [7, 11) is 0. The second kappa shape index (κ2) is 5.70. The zero-order valence-corrected chi connectivity index (χ0v) is 9.58. The average molecular weight is 254 g/mol. The summed E-state index contributed by atoms with van der Waals surface area (Å²) < 4.78 is 25.8. The van der Waals surface area contributed by atoms with Gasteiger partial charge in [0, 0.05) is 18.8 Å². The lowest BCUT2D eigenvalue weighted by atomic mass is 10.2. The van der Waals surface area contributed by atoms with Gasteiger partial charge in [0.25, 0.3) is 0 Å². The molecule has 4 N–H and O–H groups in total. The fraction of sp³-hybridized carbons (Fsp3) is 0.250. The number of nitrogens with zero attached hydrogens (tertiary/aromatic N) is 1. The summed E-state index contributed by atoms with van der Waals surface area (Å²) in [6.45, 7) is 0.693. The Morgan fingerprint density at radius 1 is 1.28 bits per heavy atom. The average Bonchev–Trinajstić information content (AvgIpc) is 2.80. The van der Waals surface area contributed by atoms with Crippen molar-refractivity contribution in [2.24, 2.45) is 0 Å². The molecule has 18 heavy (non-hydrogen) atoms. The summed E-state index contributed by atoms with van der Waals surface area (Å²) in [5.41, 5.74) is 1.22. The predicted molar refractivity (Wildman–Crippen MR) is 63.0 cm³/mol. The minimum absolute atomic E-state index is 0.318. The van der Waals surface area contributed by atoms with Crippen molar-refractivity contribution < 1.29 is 13.9 Å². The zero-order chi connectivity index (χ0) is 13.0. The Kier molecular flexibility index (Phi) is 4.01. The molecule has 0 saturated heterocycles. The number of H-pyrrole nitrogens is 1. The van der Waals surface area contributed by atoms with E-state index in [9.17, 15) is 8.78 Å². The van der Waals surface area contributed by atoms with Gasteiger partial charge in [-0.25, -0.2) is 8.78 Å². The predicted octanol–water partition coefficient (Wildman–Crippen LogP) is 1.24. The quantitative estimate of drug-likeness (QED) is 0.789. The van der Waals surface area contributed by atoms with E-state index in [0.29, 0.717) is 24.3 Å². The summed E-state index contributed by atoms with van der Waals surface area (Å²) in [6, 6.07) is 5.10. The summed E-state index contributed by atoms with van der Waals surface area (Å²) in [5.74, 6) is -1.19. The summed E-state index contributed by atoms with van der Waals surface area (Å²) in [6.07, 6.45) is 1.10. The number of benzene rings is 1. The highest BCUT2D eigenvalue weighted by Crippen LogP contribution is 2.09. The van der Waals surface area contributed by atoms with Gasteiger partial charge < -0.3 is 10.4 Å². The fourth-order valence-corrected chi connectivity index (χ4v) is 1.64. The molecule has 1 unspecified atom stereocenters. The molecule has 0 aliphatic carbocycles. The minimum Gasteiger partial charge on any atom is -0.438 e. The number of hydrogen-bond donors (Lipinski definition) is 2. The summed E-state index contributed by atoms with van der Waals surface area (Å²) in [5, 5.41) is 17.2. The topological polar surface area (TPSA) is 63.6 Å². The van der Waals surface area contributed by atoms with Crippen LogP contribution in [0.4, 0.5) is 8.78 Å². The Morgan fingerprint density at radius 2 is 2.00 bits per heavy atom. The van der Waals surface area contributed by atoms with Crippen LogP contribution in [0.3, 0.4) is 0 Å². The summed E-state index contributed by atoms with van der Waals surface area (Å²) in [4.78, 5) is 0. The lowest BCUT2D eigenvalue weighted by Crippen LogP contribution is -2.21. The molecule has 0 bridgehead atoms.